The van der Waals surface area contributed by atoms with Gasteiger partial charge in [-0.05, 0) is 48.4 Å². The number of carbonyl (C=O) groups excluding carboxylic acids is 1. The molecular weight excluding hydrogens is 248 g/mol. The fourth-order valence-corrected chi connectivity index (χ4v) is 2.52. The van der Waals surface area contributed by atoms with E-state index >= 15 is 0 Å². The highest BCUT2D eigenvalue weighted by molar-refractivity contribution is 5.91. The lowest BCUT2D eigenvalue weighted by atomic mass is 9.85. The molecule has 0 saturated carbocycles. The van der Waals surface area contributed by atoms with Crippen LogP contribution < -0.4 is 5.73 Å². The average molecular weight is 272 g/mol. The van der Waals surface area contributed by atoms with Gasteiger partial charge in [0.1, 0.15) is 0 Å². The van der Waals surface area contributed by atoms with Gasteiger partial charge in [0.25, 0.3) is 0 Å². The van der Waals surface area contributed by atoms with Crippen molar-refractivity contribution in [2.75, 3.05) is 18.8 Å². The molecule has 1 amide bonds. The van der Waals surface area contributed by atoms with Gasteiger partial charge in [0.2, 0.25) is 5.91 Å². The summed E-state index contributed by atoms with van der Waals surface area (Å²) in [4.78, 5) is 14.2. The Bertz CT molecular complexity index is 488. The van der Waals surface area contributed by atoms with Gasteiger partial charge in [-0.2, -0.15) is 0 Å². The maximum atomic E-state index is 12.2. The molecule has 0 spiro atoms. The number of nitrogens with two attached hydrogens (primary N) is 1. The van der Waals surface area contributed by atoms with Gasteiger partial charge in [-0.15, -0.1) is 0 Å². The van der Waals surface area contributed by atoms with Gasteiger partial charge >= 0.3 is 0 Å². The largest absolute Gasteiger partial charge is 0.399 e. The zero-order valence-corrected chi connectivity index (χ0v) is 12.4. The van der Waals surface area contributed by atoms with Crippen LogP contribution in [-0.2, 0) is 4.79 Å². The molecule has 0 aromatic heterocycles. The Labute approximate surface area is 121 Å². The normalized spacial score (nSPS) is 19.0. The summed E-state index contributed by atoms with van der Waals surface area (Å²) >= 11 is 0. The Morgan fingerprint density at radius 3 is 2.60 bits per heavy atom. The molecule has 0 bridgehead atoms. The fourth-order valence-electron chi connectivity index (χ4n) is 2.52. The van der Waals surface area contributed by atoms with Crippen molar-refractivity contribution in [3.63, 3.8) is 0 Å². The quantitative estimate of drug-likeness (QED) is 0.663. The number of carbonyl (C=O) groups is 1. The predicted molar refractivity (Wildman–Crippen MR) is 84.1 cm³/mol. The summed E-state index contributed by atoms with van der Waals surface area (Å²) in [6.45, 7) is 6.29. The second-order valence-corrected chi connectivity index (χ2v) is 6.34. The highest BCUT2D eigenvalue weighted by Gasteiger charge is 2.24. The highest BCUT2D eigenvalue weighted by atomic mass is 16.2. The van der Waals surface area contributed by atoms with E-state index in [0.29, 0.717) is 5.41 Å². The van der Waals surface area contributed by atoms with Crippen molar-refractivity contribution in [1.29, 1.82) is 0 Å². The van der Waals surface area contributed by atoms with Crippen molar-refractivity contribution in [2.45, 2.75) is 33.1 Å². The van der Waals surface area contributed by atoms with Crippen molar-refractivity contribution in [3.8, 4) is 0 Å². The van der Waals surface area contributed by atoms with E-state index in [2.05, 4.69) is 13.8 Å². The molecule has 3 nitrogen and oxygen atoms in total. The first-order chi connectivity index (χ1) is 9.46. The average Bonchev–Trinajstić information content (AvgIpc) is 2.59. The molecule has 20 heavy (non-hydrogen) atoms. The second kappa shape index (κ2) is 6.12. The first-order valence-corrected chi connectivity index (χ1v) is 7.29. The van der Waals surface area contributed by atoms with Gasteiger partial charge in [0.15, 0.2) is 0 Å². The number of hydrogen-bond donors (Lipinski definition) is 1. The van der Waals surface area contributed by atoms with Crippen LogP contribution in [0.15, 0.2) is 30.3 Å². The molecule has 1 heterocycles. The van der Waals surface area contributed by atoms with Crippen LogP contribution in [0.2, 0.25) is 0 Å². The van der Waals surface area contributed by atoms with Crippen molar-refractivity contribution < 1.29 is 4.79 Å². The van der Waals surface area contributed by atoms with Crippen LogP contribution in [0.3, 0.4) is 0 Å². The van der Waals surface area contributed by atoms with Crippen LogP contribution in [0.25, 0.3) is 6.08 Å². The molecule has 3 heteroatoms. The summed E-state index contributed by atoms with van der Waals surface area (Å²) in [5, 5.41) is 0. The second-order valence-electron chi connectivity index (χ2n) is 6.34. The monoisotopic (exact) mass is 272 g/mol. The Morgan fingerprint density at radius 1 is 1.20 bits per heavy atom. The minimum Gasteiger partial charge on any atom is -0.399 e. The van der Waals surface area contributed by atoms with Crippen LogP contribution >= 0.6 is 0 Å². The molecule has 2 N–H and O–H groups in total. The third-order valence-corrected chi connectivity index (χ3v) is 4.01. The minimum atomic E-state index is 0.111. The summed E-state index contributed by atoms with van der Waals surface area (Å²) in [6.07, 6.45) is 6.89. The number of anilines is 1. The van der Waals surface area contributed by atoms with E-state index in [1.807, 2.05) is 35.2 Å². The van der Waals surface area contributed by atoms with Crippen molar-refractivity contribution in [2.24, 2.45) is 5.41 Å². The molecule has 1 aliphatic rings. The van der Waals surface area contributed by atoms with E-state index in [9.17, 15) is 4.79 Å². The van der Waals surface area contributed by atoms with Gasteiger partial charge in [-0.3, -0.25) is 4.79 Å². The van der Waals surface area contributed by atoms with E-state index in [1.165, 1.54) is 6.42 Å². The van der Waals surface area contributed by atoms with Crippen LogP contribution in [0.5, 0.6) is 0 Å². The lowest BCUT2D eigenvalue weighted by molar-refractivity contribution is -0.125. The van der Waals surface area contributed by atoms with Gasteiger partial charge < -0.3 is 10.6 Å². The number of nitrogen functional groups attached to an aromatic ring is 1. The van der Waals surface area contributed by atoms with Crippen LogP contribution in [-0.4, -0.2) is 23.9 Å². The number of likely N-dealkylation sites (tertiary alicyclic amines) is 1. The Hall–Kier alpha value is -1.77. The maximum absolute atomic E-state index is 12.2. The zero-order chi connectivity index (χ0) is 14.6. The SMILES string of the molecule is CC1(C)CCCN(C(=O)/C=C/c2ccc(N)cc2)CC1. The summed E-state index contributed by atoms with van der Waals surface area (Å²) in [5.41, 5.74) is 7.74. The zero-order valence-electron chi connectivity index (χ0n) is 12.4. The number of amides is 1. The highest BCUT2D eigenvalue weighted by Crippen LogP contribution is 2.29. The maximum Gasteiger partial charge on any atom is 0.246 e. The Kier molecular flexibility index (Phi) is 4.48. The van der Waals surface area contributed by atoms with Crippen LogP contribution in [0, 0.1) is 5.41 Å². The summed E-state index contributed by atoms with van der Waals surface area (Å²) in [5.74, 6) is 0.111. The standard InChI is InChI=1S/C17H24N2O/c1-17(2)10-3-12-19(13-11-17)16(20)9-6-14-4-7-15(18)8-5-14/h4-9H,3,10-13,18H2,1-2H3/b9-6+. The molecule has 0 unspecified atom stereocenters. The first kappa shape index (κ1) is 14.6. The van der Waals surface area contributed by atoms with Gasteiger partial charge in [0, 0.05) is 24.9 Å². The van der Waals surface area contributed by atoms with Gasteiger partial charge in [0.05, 0.1) is 0 Å². The van der Waals surface area contributed by atoms with Gasteiger partial charge in [-0.25, -0.2) is 0 Å². The topological polar surface area (TPSA) is 46.3 Å². The summed E-state index contributed by atoms with van der Waals surface area (Å²) in [7, 11) is 0. The molecule has 1 aromatic rings. The van der Waals surface area contributed by atoms with Crippen molar-refractivity contribution in [1.82, 2.24) is 4.90 Å². The Morgan fingerprint density at radius 2 is 1.90 bits per heavy atom. The molecule has 108 valence electrons. The molecule has 0 radical (unpaired) electrons. The molecule has 1 saturated heterocycles. The molecule has 2 rings (SSSR count). The third kappa shape index (κ3) is 4.12. The fraction of sp³-hybridized carbons (Fsp3) is 0.471. The van der Waals surface area contributed by atoms with E-state index in [-0.39, 0.29) is 5.91 Å². The van der Waals surface area contributed by atoms with Crippen molar-refractivity contribution >= 4 is 17.7 Å². The predicted octanol–water partition coefficient (Wildman–Crippen LogP) is 3.32. The summed E-state index contributed by atoms with van der Waals surface area (Å²) < 4.78 is 0. The van der Waals surface area contributed by atoms with Crippen LogP contribution in [0.1, 0.15) is 38.7 Å². The molecule has 1 fully saturated rings. The first-order valence-electron chi connectivity index (χ1n) is 7.29. The number of hydrogen-bond acceptors (Lipinski definition) is 2. The number of benzene rings is 1. The molecule has 1 aliphatic heterocycles. The Balaban J connectivity index is 1.96. The van der Waals surface area contributed by atoms with Crippen LogP contribution in [0.4, 0.5) is 5.69 Å². The smallest absolute Gasteiger partial charge is 0.246 e. The number of nitrogens with zero attached hydrogens (tertiary/aromatic N) is 1. The summed E-state index contributed by atoms with van der Waals surface area (Å²) in [6, 6.07) is 7.53. The van der Waals surface area contributed by atoms with Gasteiger partial charge in [-0.1, -0.05) is 26.0 Å². The van der Waals surface area contributed by atoms with E-state index in [0.717, 1.165) is 37.2 Å². The molecular formula is C17H24N2O. The third-order valence-electron chi connectivity index (χ3n) is 4.01. The molecule has 1 aromatic carbocycles. The lowest BCUT2D eigenvalue weighted by Gasteiger charge is -2.22. The van der Waals surface area contributed by atoms with E-state index in [4.69, 9.17) is 5.73 Å². The van der Waals surface area contributed by atoms with E-state index in [1.54, 1.807) is 6.08 Å². The lowest BCUT2D eigenvalue weighted by Crippen LogP contribution is -2.30. The van der Waals surface area contributed by atoms with Crippen molar-refractivity contribution in [3.05, 3.63) is 35.9 Å². The molecule has 0 atom stereocenters. The molecule has 0 aliphatic carbocycles. The minimum absolute atomic E-state index is 0.111. The number of rotatable bonds is 2. The van der Waals surface area contributed by atoms with E-state index < -0.39 is 0 Å².